The molecule has 0 aromatic carbocycles. The summed E-state index contributed by atoms with van der Waals surface area (Å²) in [6.45, 7) is 11.1. The Balaban J connectivity index is 2.67. The standard InChI is InChI=1S/C12H20N2OS/c1-8(2)6-13-10(15)9-7-16-11(14-9)12(3,4)5/h7-8H,6H2,1-5H3,(H,13,15). The van der Waals surface area contributed by atoms with Crippen molar-refractivity contribution in [2.75, 3.05) is 6.54 Å². The average molecular weight is 240 g/mol. The maximum absolute atomic E-state index is 11.7. The van der Waals surface area contributed by atoms with Crippen molar-refractivity contribution in [3.8, 4) is 0 Å². The monoisotopic (exact) mass is 240 g/mol. The lowest BCUT2D eigenvalue weighted by Gasteiger charge is -2.13. The molecule has 0 saturated carbocycles. The van der Waals surface area contributed by atoms with Gasteiger partial charge in [0.2, 0.25) is 0 Å². The van der Waals surface area contributed by atoms with E-state index in [1.165, 1.54) is 0 Å². The van der Waals surface area contributed by atoms with Gasteiger partial charge in [0.25, 0.3) is 5.91 Å². The van der Waals surface area contributed by atoms with E-state index in [0.29, 0.717) is 18.2 Å². The predicted molar refractivity (Wildman–Crippen MR) is 68.0 cm³/mol. The van der Waals surface area contributed by atoms with Gasteiger partial charge in [-0.25, -0.2) is 4.98 Å². The minimum absolute atomic E-state index is 0.0151. The van der Waals surface area contributed by atoms with Crippen LogP contribution < -0.4 is 5.32 Å². The Morgan fingerprint density at radius 3 is 2.56 bits per heavy atom. The molecule has 0 aliphatic rings. The molecule has 1 heterocycles. The third kappa shape index (κ3) is 3.59. The molecular weight excluding hydrogens is 220 g/mol. The number of rotatable bonds is 3. The Hall–Kier alpha value is -0.900. The highest BCUT2D eigenvalue weighted by Gasteiger charge is 2.20. The van der Waals surface area contributed by atoms with E-state index in [9.17, 15) is 4.79 Å². The molecule has 1 aromatic heterocycles. The highest BCUT2D eigenvalue weighted by Crippen LogP contribution is 2.25. The first-order valence-corrected chi connectivity index (χ1v) is 6.43. The smallest absolute Gasteiger partial charge is 0.270 e. The van der Waals surface area contributed by atoms with Crippen molar-refractivity contribution in [3.05, 3.63) is 16.1 Å². The SMILES string of the molecule is CC(C)CNC(=O)c1csc(C(C)(C)C)n1. The molecule has 0 spiro atoms. The van der Waals surface area contributed by atoms with Gasteiger partial charge >= 0.3 is 0 Å². The summed E-state index contributed by atoms with van der Waals surface area (Å²) >= 11 is 1.55. The predicted octanol–water partition coefficient (Wildman–Crippen LogP) is 2.83. The van der Waals surface area contributed by atoms with E-state index >= 15 is 0 Å². The van der Waals surface area contributed by atoms with Crippen LogP contribution in [0.3, 0.4) is 0 Å². The molecule has 3 nitrogen and oxygen atoms in total. The normalized spacial score (nSPS) is 11.9. The van der Waals surface area contributed by atoms with Crippen LogP contribution in [0, 0.1) is 5.92 Å². The van der Waals surface area contributed by atoms with Gasteiger partial charge in [-0.05, 0) is 5.92 Å². The lowest BCUT2D eigenvalue weighted by molar-refractivity contribution is 0.0944. The highest BCUT2D eigenvalue weighted by molar-refractivity contribution is 7.10. The van der Waals surface area contributed by atoms with E-state index in [1.54, 1.807) is 11.3 Å². The van der Waals surface area contributed by atoms with Crippen LogP contribution in [-0.4, -0.2) is 17.4 Å². The van der Waals surface area contributed by atoms with E-state index in [1.807, 2.05) is 5.38 Å². The lowest BCUT2D eigenvalue weighted by atomic mass is 9.98. The van der Waals surface area contributed by atoms with E-state index in [2.05, 4.69) is 44.9 Å². The lowest BCUT2D eigenvalue weighted by Crippen LogP contribution is -2.27. The van der Waals surface area contributed by atoms with Crippen molar-refractivity contribution in [1.29, 1.82) is 0 Å². The molecule has 0 fully saturated rings. The van der Waals surface area contributed by atoms with Crippen LogP contribution in [0.15, 0.2) is 5.38 Å². The second-order valence-corrected chi connectivity index (χ2v) is 6.25. The van der Waals surface area contributed by atoms with E-state index in [0.717, 1.165) is 5.01 Å². The molecule has 1 N–H and O–H groups in total. The number of hydrogen-bond acceptors (Lipinski definition) is 3. The maximum atomic E-state index is 11.7. The van der Waals surface area contributed by atoms with Crippen molar-refractivity contribution in [2.24, 2.45) is 5.92 Å². The largest absolute Gasteiger partial charge is 0.350 e. The molecule has 1 aromatic rings. The topological polar surface area (TPSA) is 42.0 Å². The second-order valence-electron chi connectivity index (χ2n) is 5.39. The molecule has 1 amide bonds. The molecule has 0 aliphatic heterocycles. The highest BCUT2D eigenvalue weighted by atomic mass is 32.1. The van der Waals surface area contributed by atoms with Crippen molar-refractivity contribution >= 4 is 17.2 Å². The molecule has 0 radical (unpaired) electrons. The van der Waals surface area contributed by atoms with Crippen LogP contribution in [0.4, 0.5) is 0 Å². The molecule has 4 heteroatoms. The number of amides is 1. The maximum Gasteiger partial charge on any atom is 0.270 e. The molecule has 0 unspecified atom stereocenters. The summed E-state index contributed by atoms with van der Waals surface area (Å²) in [4.78, 5) is 16.1. The van der Waals surface area contributed by atoms with Crippen LogP contribution in [0.5, 0.6) is 0 Å². The molecular formula is C12H20N2OS. The number of aromatic nitrogens is 1. The zero-order valence-electron chi connectivity index (χ0n) is 10.6. The molecule has 0 bridgehead atoms. The van der Waals surface area contributed by atoms with Gasteiger partial charge in [-0.1, -0.05) is 34.6 Å². The number of carbonyl (C=O) groups excluding carboxylic acids is 1. The first kappa shape index (κ1) is 13.2. The number of nitrogens with zero attached hydrogens (tertiary/aromatic N) is 1. The Labute approximate surface area is 101 Å². The van der Waals surface area contributed by atoms with Crippen LogP contribution >= 0.6 is 11.3 Å². The van der Waals surface area contributed by atoms with Gasteiger partial charge in [-0.2, -0.15) is 0 Å². The summed E-state index contributed by atoms with van der Waals surface area (Å²) in [5.74, 6) is 0.394. The van der Waals surface area contributed by atoms with E-state index in [4.69, 9.17) is 0 Å². The van der Waals surface area contributed by atoms with Crippen molar-refractivity contribution in [2.45, 2.75) is 40.0 Å². The fourth-order valence-electron chi connectivity index (χ4n) is 1.11. The molecule has 0 aliphatic carbocycles. The Bertz CT molecular complexity index is 363. The van der Waals surface area contributed by atoms with Gasteiger partial charge in [0.05, 0.1) is 5.01 Å². The van der Waals surface area contributed by atoms with Crippen molar-refractivity contribution < 1.29 is 4.79 Å². The van der Waals surface area contributed by atoms with Gasteiger partial charge < -0.3 is 5.32 Å². The number of nitrogens with one attached hydrogen (secondary N) is 1. The Morgan fingerprint density at radius 2 is 2.12 bits per heavy atom. The molecule has 1 rings (SSSR count). The Morgan fingerprint density at radius 1 is 1.50 bits per heavy atom. The van der Waals surface area contributed by atoms with Gasteiger partial charge in [0.1, 0.15) is 5.69 Å². The van der Waals surface area contributed by atoms with E-state index < -0.39 is 0 Å². The number of hydrogen-bond donors (Lipinski definition) is 1. The van der Waals surface area contributed by atoms with Gasteiger partial charge in [-0.15, -0.1) is 11.3 Å². The summed E-state index contributed by atoms with van der Waals surface area (Å²) < 4.78 is 0. The molecule has 0 saturated heterocycles. The van der Waals surface area contributed by atoms with Crippen LogP contribution in [0.25, 0.3) is 0 Å². The third-order valence-corrected chi connectivity index (χ3v) is 3.32. The first-order chi connectivity index (χ1) is 7.30. The third-order valence-electron chi connectivity index (χ3n) is 2.05. The van der Waals surface area contributed by atoms with Crippen LogP contribution in [0.2, 0.25) is 0 Å². The average Bonchev–Trinajstić information content (AvgIpc) is 2.61. The zero-order chi connectivity index (χ0) is 12.3. The van der Waals surface area contributed by atoms with Gasteiger partial charge in [-0.3, -0.25) is 4.79 Å². The molecule has 90 valence electrons. The molecule has 0 atom stereocenters. The van der Waals surface area contributed by atoms with Crippen LogP contribution in [-0.2, 0) is 5.41 Å². The van der Waals surface area contributed by atoms with Gasteiger partial charge in [0, 0.05) is 17.3 Å². The van der Waals surface area contributed by atoms with Crippen molar-refractivity contribution in [1.82, 2.24) is 10.3 Å². The fourth-order valence-corrected chi connectivity index (χ4v) is 2.00. The summed E-state index contributed by atoms with van der Waals surface area (Å²) in [6, 6.07) is 0. The molecule has 16 heavy (non-hydrogen) atoms. The Kier molecular flexibility index (Phi) is 4.08. The summed E-state index contributed by atoms with van der Waals surface area (Å²) in [6.07, 6.45) is 0. The minimum Gasteiger partial charge on any atom is -0.350 e. The fraction of sp³-hybridized carbons (Fsp3) is 0.667. The quantitative estimate of drug-likeness (QED) is 0.882. The first-order valence-electron chi connectivity index (χ1n) is 5.55. The number of thiazole rings is 1. The summed E-state index contributed by atoms with van der Waals surface area (Å²) in [5.41, 5.74) is 0.553. The van der Waals surface area contributed by atoms with Crippen LogP contribution in [0.1, 0.15) is 50.1 Å². The summed E-state index contributed by atoms with van der Waals surface area (Å²) in [5, 5.41) is 5.70. The summed E-state index contributed by atoms with van der Waals surface area (Å²) in [7, 11) is 0. The second kappa shape index (κ2) is 4.95. The van der Waals surface area contributed by atoms with Gasteiger partial charge in [0.15, 0.2) is 0 Å². The van der Waals surface area contributed by atoms with Crippen molar-refractivity contribution in [3.63, 3.8) is 0 Å². The minimum atomic E-state index is -0.0690. The number of carbonyl (C=O) groups is 1. The zero-order valence-corrected chi connectivity index (χ0v) is 11.4. The van der Waals surface area contributed by atoms with E-state index in [-0.39, 0.29) is 11.3 Å².